The van der Waals surface area contributed by atoms with Crippen LogP contribution in [0.25, 0.3) is 12.2 Å². The number of aromatic nitrogens is 1. The fourth-order valence-corrected chi connectivity index (χ4v) is 1.62. The maximum Gasteiger partial charge on any atom is 0.0442 e. The molecule has 0 saturated heterocycles. The minimum absolute atomic E-state index is 0.585. The third kappa shape index (κ3) is 0.917. The van der Waals surface area contributed by atoms with Gasteiger partial charge in [0.25, 0.3) is 0 Å². The number of hydrogen-bond donors (Lipinski definition) is 0. The number of rotatable bonds is 1. The van der Waals surface area contributed by atoms with Crippen molar-refractivity contribution < 1.29 is 0 Å². The van der Waals surface area contributed by atoms with Gasteiger partial charge in [0.15, 0.2) is 0 Å². The van der Waals surface area contributed by atoms with Crippen molar-refractivity contribution in [1.29, 1.82) is 0 Å². The van der Waals surface area contributed by atoms with Gasteiger partial charge >= 0.3 is 0 Å². The third-order valence-electron chi connectivity index (χ3n) is 2.19. The summed E-state index contributed by atoms with van der Waals surface area (Å²) in [5, 5.41) is 2.80. The summed E-state index contributed by atoms with van der Waals surface area (Å²) in [6.45, 7) is 4.43. The average molecular weight is 147 g/mol. The smallest absolute Gasteiger partial charge is 0.0442 e. The number of nitrogens with zero attached hydrogens (tertiary/aromatic N) is 1. The van der Waals surface area contributed by atoms with Gasteiger partial charge in [0.05, 0.1) is 0 Å². The molecule has 0 bridgehead atoms. The van der Waals surface area contributed by atoms with Gasteiger partial charge in [0.1, 0.15) is 0 Å². The standard InChI is InChI=1S/C10H13N/c1-8(2)11-7-6-9-4-3-5-10(9)11/h4-8H,3H2,1-2H3. The fraction of sp³-hybridized carbons (Fsp3) is 0.400. The van der Waals surface area contributed by atoms with E-state index in [0.29, 0.717) is 6.04 Å². The van der Waals surface area contributed by atoms with E-state index in [1.54, 1.807) is 0 Å². The Kier molecular flexibility index (Phi) is 1.38. The van der Waals surface area contributed by atoms with Crippen molar-refractivity contribution in [3.8, 4) is 0 Å². The Morgan fingerprint density at radius 1 is 1.36 bits per heavy atom. The zero-order valence-corrected chi connectivity index (χ0v) is 7.04. The molecule has 11 heavy (non-hydrogen) atoms. The van der Waals surface area contributed by atoms with Crippen LogP contribution in [-0.2, 0) is 0 Å². The summed E-state index contributed by atoms with van der Waals surface area (Å²) in [4.78, 5) is 0. The van der Waals surface area contributed by atoms with Crippen LogP contribution >= 0.6 is 0 Å². The molecule has 0 spiro atoms. The van der Waals surface area contributed by atoms with Crippen LogP contribution < -0.4 is 10.6 Å². The summed E-state index contributed by atoms with van der Waals surface area (Å²) in [6, 6.07) is 2.78. The van der Waals surface area contributed by atoms with Gasteiger partial charge in [-0.15, -0.1) is 0 Å². The summed E-state index contributed by atoms with van der Waals surface area (Å²) >= 11 is 0. The van der Waals surface area contributed by atoms with Crippen molar-refractivity contribution in [3.05, 3.63) is 22.8 Å². The summed E-state index contributed by atoms with van der Waals surface area (Å²) in [5.74, 6) is 0. The first-order valence-corrected chi connectivity index (χ1v) is 4.16. The zero-order chi connectivity index (χ0) is 7.84. The lowest BCUT2D eigenvalue weighted by molar-refractivity contribution is 0.588. The van der Waals surface area contributed by atoms with Crippen molar-refractivity contribution in [2.24, 2.45) is 0 Å². The molecular weight excluding hydrogens is 134 g/mol. The van der Waals surface area contributed by atoms with Gasteiger partial charge in [0, 0.05) is 17.6 Å². The Morgan fingerprint density at radius 3 is 2.91 bits per heavy atom. The van der Waals surface area contributed by atoms with Crippen LogP contribution in [0.15, 0.2) is 12.3 Å². The molecule has 1 aliphatic rings. The van der Waals surface area contributed by atoms with Crippen LogP contribution in [0.5, 0.6) is 0 Å². The molecule has 1 nitrogen and oxygen atoms in total. The summed E-state index contributed by atoms with van der Waals surface area (Å²) in [7, 11) is 0. The van der Waals surface area contributed by atoms with Crippen LogP contribution in [0.1, 0.15) is 26.3 Å². The summed E-state index contributed by atoms with van der Waals surface area (Å²) in [6.07, 6.45) is 7.84. The summed E-state index contributed by atoms with van der Waals surface area (Å²) in [5.41, 5.74) is 0. The highest BCUT2D eigenvalue weighted by molar-refractivity contribution is 5.44. The van der Waals surface area contributed by atoms with Gasteiger partial charge in [-0.1, -0.05) is 12.2 Å². The average Bonchev–Trinajstić information content (AvgIpc) is 2.41. The second-order valence-corrected chi connectivity index (χ2v) is 3.30. The molecule has 1 aromatic heterocycles. The van der Waals surface area contributed by atoms with Crippen LogP contribution in [0.2, 0.25) is 0 Å². The Morgan fingerprint density at radius 2 is 2.18 bits per heavy atom. The van der Waals surface area contributed by atoms with Gasteiger partial charge in [-0.25, -0.2) is 0 Å². The molecule has 2 rings (SSSR count). The third-order valence-corrected chi connectivity index (χ3v) is 2.19. The largest absolute Gasteiger partial charge is 0.345 e. The van der Waals surface area contributed by atoms with Gasteiger partial charge in [-0.3, -0.25) is 0 Å². The molecule has 0 unspecified atom stereocenters. The van der Waals surface area contributed by atoms with E-state index < -0.39 is 0 Å². The van der Waals surface area contributed by atoms with E-state index >= 15 is 0 Å². The molecule has 0 radical (unpaired) electrons. The maximum absolute atomic E-state index is 2.32. The van der Waals surface area contributed by atoms with E-state index in [9.17, 15) is 0 Å². The normalized spacial score (nSPS) is 14.5. The van der Waals surface area contributed by atoms with Crippen LogP contribution in [0.3, 0.4) is 0 Å². The molecule has 0 N–H and O–H groups in total. The van der Waals surface area contributed by atoms with Gasteiger partial charge in [-0.05, 0) is 31.6 Å². The highest BCUT2D eigenvalue weighted by Gasteiger charge is 2.01. The highest BCUT2D eigenvalue weighted by Crippen LogP contribution is 1.99. The van der Waals surface area contributed by atoms with E-state index in [2.05, 4.69) is 42.8 Å². The first-order valence-electron chi connectivity index (χ1n) is 4.16. The predicted octanol–water partition coefficient (Wildman–Crippen LogP) is 1.03. The van der Waals surface area contributed by atoms with Crippen LogP contribution in [0, 0.1) is 0 Å². The molecule has 58 valence electrons. The minimum Gasteiger partial charge on any atom is -0.345 e. The molecule has 1 aliphatic carbocycles. The Balaban J connectivity index is 2.70. The molecule has 0 aliphatic heterocycles. The van der Waals surface area contributed by atoms with Crippen molar-refractivity contribution in [2.75, 3.05) is 0 Å². The number of hydrogen-bond acceptors (Lipinski definition) is 0. The highest BCUT2D eigenvalue weighted by atomic mass is 15.0. The van der Waals surface area contributed by atoms with Crippen molar-refractivity contribution in [3.63, 3.8) is 0 Å². The molecule has 0 fully saturated rings. The zero-order valence-electron chi connectivity index (χ0n) is 7.04. The van der Waals surface area contributed by atoms with Crippen molar-refractivity contribution in [1.82, 2.24) is 4.57 Å². The minimum atomic E-state index is 0.585. The SMILES string of the molecule is CC(C)n1ccc2c1=CCC=2. The first kappa shape index (κ1) is 6.71. The van der Waals surface area contributed by atoms with E-state index in [-0.39, 0.29) is 0 Å². The first-order chi connectivity index (χ1) is 5.29. The quantitative estimate of drug-likeness (QED) is 0.559. The predicted molar refractivity (Wildman–Crippen MR) is 47.6 cm³/mol. The van der Waals surface area contributed by atoms with Crippen LogP contribution in [0.4, 0.5) is 0 Å². The second-order valence-electron chi connectivity index (χ2n) is 3.30. The fourth-order valence-electron chi connectivity index (χ4n) is 1.62. The van der Waals surface area contributed by atoms with Crippen molar-refractivity contribution in [2.45, 2.75) is 26.3 Å². The lowest BCUT2D eigenvalue weighted by atomic mass is 10.4. The molecule has 0 aromatic carbocycles. The monoisotopic (exact) mass is 147 g/mol. The van der Waals surface area contributed by atoms with Gasteiger partial charge < -0.3 is 4.57 Å². The summed E-state index contributed by atoms with van der Waals surface area (Å²) < 4.78 is 2.32. The van der Waals surface area contributed by atoms with Crippen LogP contribution in [-0.4, -0.2) is 4.57 Å². The molecule has 0 amide bonds. The van der Waals surface area contributed by atoms with E-state index in [1.165, 1.54) is 10.6 Å². The molecule has 0 saturated carbocycles. The van der Waals surface area contributed by atoms with E-state index in [4.69, 9.17) is 0 Å². The molecule has 1 heterocycles. The van der Waals surface area contributed by atoms with Gasteiger partial charge in [-0.2, -0.15) is 0 Å². The Bertz CT molecular complexity index is 368. The number of fused-ring (bicyclic) bond motifs is 1. The topological polar surface area (TPSA) is 4.93 Å². The lowest BCUT2D eigenvalue weighted by Gasteiger charge is -2.06. The lowest BCUT2D eigenvalue weighted by Crippen LogP contribution is -2.27. The molecule has 0 atom stereocenters. The second kappa shape index (κ2) is 2.26. The Hall–Kier alpha value is -0.980. The molecular formula is C10H13N. The van der Waals surface area contributed by atoms with Crippen molar-refractivity contribution >= 4 is 12.2 Å². The van der Waals surface area contributed by atoms with E-state index in [0.717, 1.165) is 6.42 Å². The molecule has 1 heteroatoms. The maximum atomic E-state index is 2.32. The van der Waals surface area contributed by atoms with E-state index in [1.807, 2.05) is 0 Å². The molecule has 1 aromatic rings. The van der Waals surface area contributed by atoms with Gasteiger partial charge in [0.2, 0.25) is 0 Å². The Labute approximate surface area is 66.7 Å².